The van der Waals surface area contributed by atoms with E-state index in [9.17, 15) is 4.79 Å². The Morgan fingerprint density at radius 1 is 1.06 bits per heavy atom. The molecule has 0 amide bonds. The monoisotopic (exact) mass is 433 g/mol. The van der Waals surface area contributed by atoms with E-state index >= 15 is 0 Å². The van der Waals surface area contributed by atoms with Gasteiger partial charge in [0.1, 0.15) is 5.78 Å². The van der Waals surface area contributed by atoms with Crippen LogP contribution in [0.15, 0.2) is 66.7 Å². The zero-order valence-corrected chi connectivity index (χ0v) is 19.0. The Balaban J connectivity index is 1.24. The molecule has 4 aromatic rings. The number of nitrogens with zero attached hydrogens (tertiary/aromatic N) is 2. The van der Waals surface area contributed by atoms with E-state index in [1.165, 1.54) is 22.3 Å². The molecule has 1 N–H and O–H groups in total. The molecule has 1 unspecified atom stereocenters. The van der Waals surface area contributed by atoms with Gasteiger partial charge in [-0.05, 0) is 60.5 Å². The number of nitrogens with one attached hydrogen (secondary N) is 1. The van der Waals surface area contributed by atoms with Crippen molar-refractivity contribution in [2.75, 3.05) is 14.1 Å². The number of ketones is 1. The fourth-order valence-corrected chi connectivity index (χ4v) is 5.54. The largest absolute Gasteiger partial charge is 0.305 e. The van der Waals surface area contributed by atoms with Crippen molar-refractivity contribution in [1.29, 1.82) is 0 Å². The lowest BCUT2D eigenvalue weighted by atomic mass is 9.91. The lowest BCUT2D eigenvalue weighted by molar-refractivity contribution is -0.120. The molecule has 1 aromatic heterocycles. The van der Waals surface area contributed by atoms with Gasteiger partial charge in [0.15, 0.2) is 0 Å². The van der Waals surface area contributed by atoms with E-state index in [0.29, 0.717) is 12.2 Å². The van der Waals surface area contributed by atoms with Crippen molar-refractivity contribution >= 4 is 28.8 Å². The normalized spacial score (nSPS) is 21.5. The van der Waals surface area contributed by atoms with Gasteiger partial charge in [-0.1, -0.05) is 66.7 Å². The van der Waals surface area contributed by atoms with Crippen LogP contribution in [0.2, 0.25) is 0 Å². The maximum Gasteiger partial charge on any atom is 0.148 e. The summed E-state index contributed by atoms with van der Waals surface area (Å²) >= 11 is 0. The van der Waals surface area contributed by atoms with Crippen LogP contribution < -0.4 is 0 Å². The van der Waals surface area contributed by atoms with Gasteiger partial charge in [-0.3, -0.25) is 9.89 Å². The first-order chi connectivity index (χ1) is 16.0. The van der Waals surface area contributed by atoms with Crippen LogP contribution in [0.5, 0.6) is 0 Å². The topological polar surface area (TPSA) is 49.0 Å². The van der Waals surface area contributed by atoms with Gasteiger partial charge in [-0.25, -0.2) is 0 Å². The van der Waals surface area contributed by atoms with Crippen molar-refractivity contribution in [2.45, 2.75) is 30.7 Å². The zero-order valence-electron chi connectivity index (χ0n) is 19.0. The smallest absolute Gasteiger partial charge is 0.148 e. The second-order valence-electron chi connectivity index (χ2n) is 9.71. The highest BCUT2D eigenvalue weighted by atomic mass is 16.1. The summed E-state index contributed by atoms with van der Waals surface area (Å²) in [6, 6.07) is 23.5. The number of aromatic nitrogens is 2. The number of rotatable bonds is 5. The molecule has 0 saturated heterocycles. The Hall–Kier alpha value is -3.50. The number of Topliss-reactive ketones (excluding diaryl/α,β-unsaturated/α-hetero) is 1. The second kappa shape index (κ2) is 7.53. The number of carbonyl (C=O) groups excluding carboxylic acids is 1. The molecule has 0 bridgehead atoms. The third-order valence-corrected chi connectivity index (χ3v) is 7.24. The molecule has 2 aliphatic carbocycles. The average Bonchev–Trinajstić information content (AvgIpc) is 3.35. The minimum absolute atomic E-state index is 0.265. The van der Waals surface area contributed by atoms with Crippen molar-refractivity contribution in [3.63, 3.8) is 0 Å². The van der Waals surface area contributed by atoms with Crippen molar-refractivity contribution in [2.24, 2.45) is 0 Å². The molecule has 0 radical (unpaired) electrons. The predicted molar refractivity (Wildman–Crippen MR) is 133 cm³/mol. The Morgan fingerprint density at radius 3 is 2.70 bits per heavy atom. The number of hydrogen-bond acceptors (Lipinski definition) is 3. The summed E-state index contributed by atoms with van der Waals surface area (Å²) in [6.45, 7) is 0.940. The third-order valence-electron chi connectivity index (χ3n) is 7.24. The number of H-pyrrole nitrogens is 1. The Bertz CT molecular complexity index is 1400. The van der Waals surface area contributed by atoms with Gasteiger partial charge in [-0.15, -0.1) is 0 Å². The van der Waals surface area contributed by atoms with Gasteiger partial charge in [-0.2, -0.15) is 5.10 Å². The van der Waals surface area contributed by atoms with Crippen molar-refractivity contribution in [1.82, 2.24) is 15.1 Å². The molecule has 4 heteroatoms. The molecule has 1 fully saturated rings. The summed E-state index contributed by atoms with van der Waals surface area (Å²) in [4.78, 5) is 15.1. The molecule has 1 heterocycles. The molecule has 2 aliphatic rings. The Labute approximate surface area is 193 Å². The molecule has 1 spiro atoms. The van der Waals surface area contributed by atoms with Crippen molar-refractivity contribution in [3.8, 4) is 0 Å². The minimum Gasteiger partial charge on any atom is -0.305 e. The third kappa shape index (κ3) is 3.33. The first-order valence-corrected chi connectivity index (χ1v) is 11.6. The van der Waals surface area contributed by atoms with Gasteiger partial charge in [0.25, 0.3) is 0 Å². The summed E-state index contributed by atoms with van der Waals surface area (Å²) in [5.74, 6) is 0.639. The molecule has 1 saturated carbocycles. The minimum atomic E-state index is -0.300. The average molecular weight is 434 g/mol. The van der Waals surface area contributed by atoms with Gasteiger partial charge in [0, 0.05) is 24.3 Å². The van der Waals surface area contributed by atoms with Crippen molar-refractivity contribution in [3.05, 3.63) is 100 Å². The first kappa shape index (κ1) is 20.1. The number of fused-ring (bicyclic) bond motifs is 3. The number of carbonyl (C=O) groups is 1. The van der Waals surface area contributed by atoms with E-state index in [-0.39, 0.29) is 11.3 Å². The highest BCUT2D eigenvalue weighted by Gasteiger charge is 2.64. The molecule has 4 nitrogen and oxygen atoms in total. The number of benzene rings is 3. The van der Waals surface area contributed by atoms with Gasteiger partial charge < -0.3 is 4.90 Å². The number of hydrogen-bond donors (Lipinski definition) is 1. The SMILES string of the molecule is CN(C)Cc1ccc(/C=C/c2n[nH]c3cc(C4C[C@@]45C(=O)Cc4ccccc45)ccc23)cc1. The summed E-state index contributed by atoms with van der Waals surface area (Å²) in [6.07, 6.45) is 5.66. The van der Waals surface area contributed by atoms with Crippen LogP contribution in [0.1, 0.15) is 45.8 Å². The van der Waals surface area contributed by atoms with Crippen molar-refractivity contribution < 1.29 is 4.79 Å². The zero-order chi connectivity index (χ0) is 22.6. The second-order valence-corrected chi connectivity index (χ2v) is 9.71. The number of aromatic amines is 1. The molecule has 3 aromatic carbocycles. The van der Waals surface area contributed by atoms with Crippen LogP contribution in [0.25, 0.3) is 23.1 Å². The van der Waals surface area contributed by atoms with E-state index in [1.807, 2.05) is 6.07 Å². The van der Waals surface area contributed by atoms with Gasteiger partial charge in [0.05, 0.1) is 16.6 Å². The summed E-state index contributed by atoms with van der Waals surface area (Å²) in [7, 11) is 4.16. The molecule has 164 valence electrons. The maximum atomic E-state index is 12.9. The molecule has 6 rings (SSSR count). The molecular formula is C29H27N3O. The van der Waals surface area contributed by atoms with Crippen LogP contribution >= 0.6 is 0 Å². The first-order valence-electron chi connectivity index (χ1n) is 11.6. The van der Waals surface area contributed by atoms with E-state index in [0.717, 1.165) is 35.1 Å². The molecular weight excluding hydrogens is 406 g/mol. The predicted octanol–water partition coefficient (Wildman–Crippen LogP) is 5.35. The lowest BCUT2D eigenvalue weighted by Gasteiger charge is -2.10. The van der Waals surface area contributed by atoms with Crippen LogP contribution in [0.3, 0.4) is 0 Å². The van der Waals surface area contributed by atoms with Crippen LogP contribution in [-0.2, 0) is 23.2 Å². The Morgan fingerprint density at radius 2 is 1.88 bits per heavy atom. The van der Waals surface area contributed by atoms with E-state index < -0.39 is 0 Å². The van der Waals surface area contributed by atoms with E-state index in [4.69, 9.17) is 0 Å². The highest BCUT2D eigenvalue weighted by Crippen LogP contribution is 2.64. The standard InChI is InChI=1S/C29H27N3O/c1-32(2)18-20-9-7-19(8-10-20)11-14-26-23-13-12-22(15-27(23)31-30-26)25-17-29(25)24-6-4-3-5-21(24)16-28(29)33/h3-15,25H,16-18H2,1-2H3,(H,30,31)/b14-11+/t25?,29-/m0/s1. The van der Waals surface area contributed by atoms with Crippen LogP contribution in [-0.4, -0.2) is 35.0 Å². The lowest BCUT2D eigenvalue weighted by Crippen LogP contribution is -2.16. The van der Waals surface area contributed by atoms with Crippen LogP contribution in [0.4, 0.5) is 0 Å². The van der Waals surface area contributed by atoms with Gasteiger partial charge >= 0.3 is 0 Å². The summed E-state index contributed by atoms with van der Waals surface area (Å²) in [5.41, 5.74) is 7.78. The fraction of sp³-hybridized carbons (Fsp3) is 0.241. The van der Waals surface area contributed by atoms with Gasteiger partial charge in [0.2, 0.25) is 0 Å². The maximum absolute atomic E-state index is 12.9. The Kier molecular flexibility index (Phi) is 4.59. The summed E-state index contributed by atoms with van der Waals surface area (Å²) < 4.78 is 0. The molecule has 33 heavy (non-hydrogen) atoms. The summed E-state index contributed by atoms with van der Waals surface area (Å²) in [5, 5.41) is 8.84. The molecule has 0 aliphatic heterocycles. The fourth-order valence-electron chi connectivity index (χ4n) is 5.54. The molecule has 2 atom stereocenters. The van der Waals surface area contributed by atoms with E-state index in [1.54, 1.807) is 0 Å². The van der Waals surface area contributed by atoms with Crippen LogP contribution in [0, 0.1) is 0 Å². The van der Waals surface area contributed by atoms with E-state index in [2.05, 4.69) is 102 Å². The highest BCUT2D eigenvalue weighted by molar-refractivity contribution is 6.01. The quantitative estimate of drug-likeness (QED) is 0.462.